The summed E-state index contributed by atoms with van der Waals surface area (Å²) >= 11 is 1.68. The first kappa shape index (κ1) is 17.4. The number of amides is 2. The van der Waals surface area contributed by atoms with Gasteiger partial charge in [-0.05, 0) is 32.6 Å². The molecule has 0 unspecified atom stereocenters. The first-order chi connectivity index (χ1) is 11.6. The van der Waals surface area contributed by atoms with Crippen molar-refractivity contribution in [1.82, 2.24) is 15.2 Å². The molecule has 1 aliphatic carbocycles. The average molecular weight is 350 g/mol. The molecule has 1 atom stereocenters. The van der Waals surface area contributed by atoms with Crippen LogP contribution in [-0.2, 0) is 16.0 Å². The van der Waals surface area contributed by atoms with E-state index in [1.54, 1.807) is 11.3 Å². The highest BCUT2D eigenvalue weighted by Crippen LogP contribution is 2.28. The van der Waals surface area contributed by atoms with E-state index in [0.717, 1.165) is 36.4 Å². The van der Waals surface area contributed by atoms with Gasteiger partial charge in [0.25, 0.3) is 0 Å². The monoisotopic (exact) mass is 349 g/mol. The number of nitrogens with zero attached hydrogens (tertiary/aromatic N) is 2. The number of piperidine rings is 1. The molecule has 3 rings (SSSR count). The fourth-order valence-electron chi connectivity index (χ4n) is 3.77. The maximum absolute atomic E-state index is 12.4. The molecule has 1 N–H and O–H groups in total. The molecule has 0 radical (unpaired) electrons. The lowest BCUT2D eigenvalue weighted by Crippen LogP contribution is -2.49. The fraction of sp³-hybridized carbons (Fsp3) is 0.722. The van der Waals surface area contributed by atoms with Gasteiger partial charge in [-0.2, -0.15) is 0 Å². The lowest BCUT2D eigenvalue weighted by molar-refractivity contribution is -0.140. The van der Waals surface area contributed by atoms with E-state index < -0.39 is 0 Å². The minimum Gasteiger partial charge on any atom is -0.356 e. The number of hydrogen-bond acceptors (Lipinski definition) is 4. The molecule has 5 nitrogen and oxygen atoms in total. The van der Waals surface area contributed by atoms with E-state index in [4.69, 9.17) is 0 Å². The highest BCUT2D eigenvalue weighted by molar-refractivity contribution is 7.09. The van der Waals surface area contributed by atoms with Gasteiger partial charge >= 0.3 is 0 Å². The quantitative estimate of drug-likeness (QED) is 0.803. The van der Waals surface area contributed by atoms with Crippen molar-refractivity contribution in [3.05, 3.63) is 16.1 Å². The Kier molecular flexibility index (Phi) is 5.87. The van der Waals surface area contributed by atoms with Crippen molar-refractivity contribution in [3.63, 3.8) is 0 Å². The summed E-state index contributed by atoms with van der Waals surface area (Å²) in [5.41, 5.74) is 1.07. The van der Waals surface area contributed by atoms with Crippen LogP contribution in [0.4, 0.5) is 0 Å². The Bertz CT molecular complexity index is 581. The van der Waals surface area contributed by atoms with E-state index >= 15 is 0 Å². The third kappa shape index (κ3) is 4.35. The van der Waals surface area contributed by atoms with Gasteiger partial charge in [-0.15, -0.1) is 11.3 Å². The largest absolute Gasteiger partial charge is 0.356 e. The van der Waals surface area contributed by atoms with Crippen molar-refractivity contribution >= 4 is 23.2 Å². The normalized spacial score (nSPS) is 22.1. The summed E-state index contributed by atoms with van der Waals surface area (Å²) in [6, 6.07) is 0.376. The third-order valence-electron chi connectivity index (χ3n) is 5.11. The summed E-state index contributed by atoms with van der Waals surface area (Å²) in [5, 5.41) is 6.25. The second kappa shape index (κ2) is 8.10. The van der Waals surface area contributed by atoms with E-state index in [1.807, 2.05) is 11.8 Å². The maximum Gasteiger partial charge on any atom is 0.224 e. The SMILES string of the molecule is Cc1csc(CCCNC(=O)[C@H]2CCC(=O)N(C3CCCC3)C2)n1. The minimum atomic E-state index is -0.0367. The van der Waals surface area contributed by atoms with E-state index in [0.29, 0.717) is 32.0 Å². The Morgan fingerprint density at radius 3 is 2.88 bits per heavy atom. The van der Waals surface area contributed by atoms with Gasteiger partial charge in [-0.25, -0.2) is 4.98 Å². The fourth-order valence-corrected chi connectivity index (χ4v) is 4.59. The molecule has 1 aliphatic heterocycles. The number of hydrogen-bond donors (Lipinski definition) is 1. The highest BCUT2D eigenvalue weighted by atomic mass is 32.1. The zero-order valence-corrected chi connectivity index (χ0v) is 15.2. The van der Waals surface area contributed by atoms with Crippen molar-refractivity contribution in [2.45, 2.75) is 64.3 Å². The predicted molar refractivity (Wildman–Crippen MR) is 94.9 cm³/mol. The predicted octanol–water partition coefficient (Wildman–Crippen LogP) is 2.68. The molecule has 0 aromatic carbocycles. The minimum absolute atomic E-state index is 0.0367. The van der Waals surface area contributed by atoms with E-state index in [9.17, 15) is 9.59 Å². The number of likely N-dealkylation sites (tertiary alicyclic amines) is 1. The molecular weight excluding hydrogens is 322 g/mol. The van der Waals surface area contributed by atoms with Crippen LogP contribution in [0.25, 0.3) is 0 Å². The third-order valence-corrected chi connectivity index (χ3v) is 6.14. The van der Waals surface area contributed by atoms with Crippen LogP contribution >= 0.6 is 11.3 Å². The van der Waals surface area contributed by atoms with Gasteiger partial charge in [0.1, 0.15) is 0 Å². The Labute approximate surface area is 147 Å². The summed E-state index contributed by atoms with van der Waals surface area (Å²) in [6.07, 6.45) is 7.67. The van der Waals surface area contributed by atoms with Crippen molar-refractivity contribution in [3.8, 4) is 0 Å². The van der Waals surface area contributed by atoms with Crippen molar-refractivity contribution in [1.29, 1.82) is 0 Å². The van der Waals surface area contributed by atoms with Crippen LogP contribution in [0.2, 0.25) is 0 Å². The lowest BCUT2D eigenvalue weighted by Gasteiger charge is -2.36. The zero-order chi connectivity index (χ0) is 16.9. The summed E-state index contributed by atoms with van der Waals surface area (Å²) < 4.78 is 0. The van der Waals surface area contributed by atoms with E-state index in [1.165, 1.54) is 12.8 Å². The number of nitrogens with one attached hydrogen (secondary N) is 1. The molecule has 24 heavy (non-hydrogen) atoms. The molecule has 0 bridgehead atoms. The van der Waals surface area contributed by atoms with Gasteiger partial charge in [0.05, 0.1) is 10.9 Å². The van der Waals surface area contributed by atoms with Crippen LogP contribution in [0.1, 0.15) is 55.6 Å². The van der Waals surface area contributed by atoms with Crippen LogP contribution in [-0.4, -0.2) is 40.8 Å². The van der Waals surface area contributed by atoms with Gasteiger partial charge in [0.2, 0.25) is 11.8 Å². The summed E-state index contributed by atoms with van der Waals surface area (Å²) in [6.45, 7) is 3.30. The van der Waals surface area contributed by atoms with Gasteiger partial charge < -0.3 is 10.2 Å². The first-order valence-corrected chi connectivity index (χ1v) is 9.99. The van der Waals surface area contributed by atoms with Crippen molar-refractivity contribution in [2.75, 3.05) is 13.1 Å². The molecule has 6 heteroatoms. The molecule has 0 spiro atoms. The second-order valence-corrected chi connectivity index (χ2v) is 7.94. The van der Waals surface area contributed by atoms with Gasteiger partial charge in [-0.1, -0.05) is 12.8 Å². The Morgan fingerprint density at radius 1 is 1.38 bits per heavy atom. The smallest absolute Gasteiger partial charge is 0.224 e. The van der Waals surface area contributed by atoms with E-state index in [-0.39, 0.29) is 17.7 Å². The van der Waals surface area contributed by atoms with Crippen LogP contribution in [0.3, 0.4) is 0 Å². The molecule has 2 amide bonds. The summed E-state index contributed by atoms with van der Waals surface area (Å²) in [4.78, 5) is 31.0. The molecular formula is C18H27N3O2S. The van der Waals surface area contributed by atoms with Gasteiger partial charge in [0, 0.05) is 43.0 Å². The van der Waals surface area contributed by atoms with Crippen LogP contribution in [0.15, 0.2) is 5.38 Å². The Balaban J connectivity index is 1.41. The summed E-state index contributed by atoms with van der Waals surface area (Å²) in [5.74, 6) is 0.316. The standard InChI is InChI=1S/C18H27N3O2S/c1-13-12-24-16(20-13)7-4-10-19-18(23)14-8-9-17(22)21(11-14)15-5-2-3-6-15/h12,14-15H,2-11H2,1H3,(H,19,23)/t14-/m0/s1. The molecule has 1 aromatic heterocycles. The average Bonchev–Trinajstić information content (AvgIpc) is 3.23. The van der Waals surface area contributed by atoms with Crippen LogP contribution < -0.4 is 5.32 Å². The molecule has 1 saturated heterocycles. The molecule has 1 aromatic rings. The second-order valence-electron chi connectivity index (χ2n) is 7.00. The Morgan fingerprint density at radius 2 is 2.17 bits per heavy atom. The molecule has 2 fully saturated rings. The van der Waals surface area contributed by atoms with Crippen molar-refractivity contribution in [2.24, 2.45) is 5.92 Å². The molecule has 132 valence electrons. The maximum atomic E-state index is 12.4. The van der Waals surface area contributed by atoms with Gasteiger partial charge in [0.15, 0.2) is 0 Å². The topological polar surface area (TPSA) is 62.3 Å². The van der Waals surface area contributed by atoms with Crippen LogP contribution in [0.5, 0.6) is 0 Å². The van der Waals surface area contributed by atoms with E-state index in [2.05, 4.69) is 15.7 Å². The Hall–Kier alpha value is -1.43. The number of carbonyl (C=O) groups is 2. The number of rotatable bonds is 6. The molecule has 2 aliphatic rings. The first-order valence-electron chi connectivity index (χ1n) is 9.11. The zero-order valence-electron chi connectivity index (χ0n) is 14.4. The number of aryl methyl sites for hydroxylation is 2. The van der Waals surface area contributed by atoms with Crippen molar-refractivity contribution < 1.29 is 9.59 Å². The number of aromatic nitrogens is 1. The molecule has 2 heterocycles. The number of carbonyl (C=O) groups excluding carboxylic acids is 2. The molecule has 1 saturated carbocycles. The van der Waals surface area contributed by atoms with Crippen LogP contribution in [0, 0.1) is 12.8 Å². The highest BCUT2D eigenvalue weighted by Gasteiger charge is 2.34. The lowest BCUT2D eigenvalue weighted by atomic mass is 9.95. The summed E-state index contributed by atoms with van der Waals surface area (Å²) in [7, 11) is 0. The van der Waals surface area contributed by atoms with Gasteiger partial charge in [-0.3, -0.25) is 9.59 Å². The number of thiazole rings is 1.